The first-order chi connectivity index (χ1) is 15.6. The predicted molar refractivity (Wildman–Crippen MR) is 123 cm³/mol. The topological polar surface area (TPSA) is 103 Å². The van der Waals surface area contributed by atoms with Gasteiger partial charge in [0, 0.05) is 9.86 Å². The zero-order valence-electron chi connectivity index (χ0n) is 17.6. The number of carbonyl (C=O) groups excluding carboxylic acids is 2. The van der Waals surface area contributed by atoms with E-state index in [9.17, 15) is 18.4 Å². The lowest BCUT2D eigenvalue weighted by Gasteiger charge is -2.11. The van der Waals surface area contributed by atoms with Gasteiger partial charge in [-0.1, -0.05) is 22.0 Å². The molecule has 2 aromatic heterocycles. The van der Waals surface area contributed by atoms with Crippen LogP contribution in [-0.4, -0.2) is 26.6 Å². The van der Waals surface area contributed by atoms with E-state index in [4.69, 9.17) is 5.73 Å². The lowest BCUT2D eigenvalue weighted by Crippen LogP contribution is -2.18. The van der Waals surface area contributed by atoms with Crippen molar-refractivity contribution in [2.24, 2.45) is 5.73 Å². The Morgan fingerprint density at radius 2 is 1.85 bits per heavy atom. The minimum absolute atomic E-state index is 0.0301. The smallest absolute Gasteiger partial charge is 0.267 e. The van der Waals surface area contributed by atoms with Crippen molar-refractivity contribution >= 4 is 44.3 Å². The van der Waals surface area contributed by atoms with Gasteiger partial charge in [-0.05, 0) is 55.8 Å². The third-order valence-corrected chi connectivity index (χ3v) is 5.70. The number of benzene rings is 2. The van der Waals surface area contributed by atoms with Crippen molar-refractivity contribution in [1.82, 2.24) is 14.8 Å². The first-order valence-electron chi connectivity index (χ1n) is 9.83. The van der Waals surface area contributed by atoms with Crippen LogP contribution in [0, 0.1) is 25.5 Å². The molecule has 0 spiro atoms. The minimum Gasteiger partial charge on any atom is -0.364 e. The number of pyridine rings is 1. The zero-order valence-corrected chi connectivity index (χ0v) is 19.2. The van der Waals surface area contributed by atoms with E-state index >= 15 is 0 Å². The molecule has 0 saturated heterocycles. The van der Waals surface area contributed by atoms with Gasteiger partial charge in [-0.25, -0.2) is 13.8 Å². The molecule has 2 heterocycles. The van der Waals surface area contributed by atoms with Crippen LogP contribution in [0.25, 0.3) is 10.9 Å². The number of fused-ring (bicyclic) bond motifs is 1. The van der Waals surface area contributed by atoms with Gasteiger partial charge in [0.2, 0.25) is 0 Å². The monoisotopic (exact) mass is 513 g/mol. The van der Waals surface area contributed by atoms with Gasteiger partial charge in [-0.3, -0.25) is 14.3 Å². The Hall–Kier alpha value is -3.66. The first-order valence-corrected chi connectivity index (χ1v) is 10.6. The number of nitrogens with zero attached hydrogens (tertiary/aromatic N) is 3. The summed E-state index contributed by atoms with van der Waals surface area (Å²) in [6.45, 7) is 3.67. The lowest BCUT2D eigenvalue weighted by molar-refractivity contribution is 0.0996. The van der Waals surface area contributed by atoms with Crippen molar-refractivity contribution in [1.29, 1.82) is 0 Å². The zero-order chi connectivity index (χ0) is 23.9. The maximum absolute atomic E-state index is 13.6. The summed E-state index contributed by atoms with van der Waals surface area (Å²) in [7, 11) is 0. The van der Waals surface area contributed by atoms with Crippen LogP contribution in [0.5, 0.6) is 0 Å². The van der Waals surface area contributed by atoms with Gasteiger partial charge in [0.1, 0.15) is 5.69 Å². The molecule has 3 N–H and O–H groups in total. The van der Waals surface area contributed by atoms with E-state index in [1.54, 1.807) is 36.7 Å². The number of aromatic nitrogens is 3. The van der Waals surface area contributed by atoms with E-state index in [1.807, 2.05) is 0 Å². The minimum atomic E-state index is -0.941. The summed E-state index contributed by atoms with van der Waals surface area (Å²) in [5.74, 6) is -3.09. The molecule has 2 aromatic carbocycles. The highest BCUT2D eigenvalue weighted by Crippen LogP contribution is 2.26. The number of nitrogens with one attached hydrogen (secondary N) is 1. The van der Waals surface area contributed by atoms with Crippen LogP contribution < -0.4 is 11.1 Å². The largest absolute Gasteiger partial charge is 0.364 e. The Bertz CT molecular complexity index is 1430. The van der Waals surface area contributed by atoms with Crippen molar-refractivity contribution in [2.75, 3.05) is 5.32 Å². The molecule has 0 aliphatic rings. The van der Waals surface area contributed by atoms with Gasteiger partial charge >= 0.3 is 0 Å². The highest BCUT2D eigenvalue weighted by molar-refractivity contribution is 9.10. The number of hydrogen-bond acceptors (Lipinski definition) is 4. The molecular formula is C23H18BrF2N5O2. The predicted octanol–water partition coefficient (Wildman–Crippen LogP) is 4.49. The molecular weight excluding hydrogens is 496 g/mol. The standard InChI is InChI=1S/C23H18BrF2N5O2/c1-11-21(12(2)31(30-11)10-13-3-5-17(25)18(26)7-13)29-23(33)16-9-20(22(27)32)28-19-6-4-14(24)8-15(16)19/h3-9H,10H2,1-2H3,(H2,27,32)(H,29,33). The Balaban J connectivity index is 1.69. The van der Waals surface area contributed by atoms with Crippen LogP contribution in [0.1, 0.15) is 37.8 Å². The van der Waals surface area contributed by atoms with Gasteiger partial charge in [0.05, 0.1) is 34.7 Å². The second kappa shape index (κ2) is 8.70. The van der Waals surface area contributed by atoms with Gasteiger partial charge in [0.25, 0.3) is 11.8 Å². The molecule has 0 aliphatic carbocycles. The second-order valence-electron chi connectivity index (χ2n) is 7.49. The van der Waals surface area contributed by atoms with E-state index in [0.717, 1.165) is 16.6 Å². The van der Waals surface area contributed by atoms with Crippen molar-refractivity contribution in [3.05, 3.63) is 86.8 Å². The fraction of sp³-hybridized carbons (Fsp3) is 0.130. The Labute approximate surface area is 195 Å². The van der Waals surface area contributed by atoms with Crippen molar-refractivity contribution in [3.63, 3.8) is 0 Å². The molecule has 2 amide bonds. The Morgan fingerprint density at radius 3 is 2.55 bits per heavy atom. The van der Waals surface area contributed by atoms with Crippen LogP contribution in [-0.2, 0) is 6.54 Å². The summed E-state index contributed by atoms with van der Waals surface area (Å²) in [6, 6.07) is 10.1. The normalized spacial score (nSPS) is 11.1. The molecule has 7 nitrogen and oxygen atoms in total. The fourth-order valence-corrected chi connectivity index (χ4v) is 3.90. The van der Waals surface area contributed by atoms with Crippen LogP contribution in [0.15, 0.2) is 46.9 Å². The number of rotatable bonds is 5. The summed E-state index contributed by atoms with van der Waals surface area (Å²) in [4.78, 5) is 29.2. The molecule has 0 aliphatic heterocycles. The van der Waals surface area contributed by atoms with Gasteiger partial charge in [0.15, 0.2) is 11.6 Å². The van der Waals surface area contributed by atoms with E-state index < -0.39 is 23.4 Å². The van der Waals surface area contributed by atoms with Gasteiger partial charge in [-0.2, -0.15) is 5.10 Å². The number of halogens is 3. The second-order valence-corrected chi connectivity index (χ2v) is 8.40. The van der Waals surface area contributed by atoms with E-state index in [2.05, 4.69) is 31.3 Å². The number of anilines is 1. The fourth-order valence-electron chi connectivity index (χ4n) is 3.54. The molecule has 33 heavy (non-hydrogen) atoms. The molecule has 10 heteroatoms. The molecule has 0 fully saturated rings. The number of aryl methyl sites for hydroxylation is 1. The van der Waals surface area contributed by atoms with Crippen LogP contribution in [0.4, 0.5) is 14.5 Å². The maximum Gasteiger partial charge on any atom is 0.267 e. The van der Waals surface area contributed by atoms with Crippen molar-refractivity contribution in [2.45, 2.75) is 20.4 Å². The number of primary amides is 1. The summed E-state index contributed by atoms with van der Waals surface area (Å²) < 4.78 is 29.1. The summed E-state index contributed by atoms with van der Waals surface area (Å²) >= 11 is 3.38. The van der Waals surface area contributed by atoms with Gasteiger partial charge in [-0.15, -0.1) is 0 Å². The first kappa shape index (κ1) is 22.5. The van der Waals surface area contributed by atoms with Crippen LogP contribution in [0.2, 0.25) is 0 Å². The third kappa shape index (κ3) is 4.47. The molecule has 0 bridgehead atoms. The van der Waals surface area contributed by atoms with E-state index in [1.165, 1.54) is 12.1 Å². The molecule has 4 rings (SSSR count). The Kier molecular flexibility index (Phi) is 5.94. The van der Waals surface area contributed by atoms with Crippen molar-refractivity contribution < 1.29 is 18.4 Å². The number of amides is 2. The van der Waals surface area contributed by atoms with Gasteiger partial charge < -0.3 is 11.1 Å². The van der Waals surface area contributed by atoms with Crippen molar-refractivity contribution in [3.8, 4) is 0 Å². The number of carbonyl (C=O) groups is 2. The summed E-state index contributed by atoms with van der Waals surface area (Å²) in [5.41, 5.74) is 8.20. The number of hydrogen-bond donors (Lipinski definition) is 2. The molecule has 4 aromatic rings. The summed E-state index contributed by atoms with van der Waals surface area (Å²) in [6.07, 6.45) is 0. The summed E-state index contributed by atoms with van der Waals surface area (Å²) in [5, 5.41) is 7.80. The average Bonchev–Trinajstić information content (AvgIpc) is 3.02. The SMILES string of the molecule is Cc1nn(Cc2ccc(F)c(F)c2)c(C)c1NC(=O)c1cc(C(N)=O)nc2ccc(Br)cc12. The maximum atomic E-state index is 13.6. The quantitative estimate of drug-likeness (QED) is 0.410. The molecule has 0 radical (unpaired) electrons. The Morgan fingerprint density at radius 1 is 1.09 bits per heavy atom. The number of nitrogens with two attached hydrogens (primary N) is 1. The van der Waals surface area contributed by atoms with E-state index in [-0.39, 0.29) is 17.8 Å². The van der Waals surface area contributed by atoms with Crippen LogP contribution in [0.3, 0.4) is 0 Å². The van der Waals surface area contributed by atoms with E-state index in [0.29, 0.717) is 33.5 Å². The molecule has 0 atom stereocenters. The van der Waals surface area contributed by atoms with Crippen LogP contribution >= 0.6 is 15.9 Å². The average molecular weight is 514 g/mol. The molecule has 0 unspecified atom stereocenters. The highest BCUT2D eigenvalue weighted by Gasteiger charge is 2.20. The highest BCUT2D eigenvalue weighted by atomic mass is 79.9. The third-order valence-electron chi connectivity index (χ3n) is 5.20. The molecule has 168 valence electrons. The molecule has 0 saturated carbocycles. The lowest BCUT2D eigenvalue weighted by atomic mass is 10.1.